The third kappa shape index (κ3) is 4.18. The number of anilines is 1. The lowest BCUT2D eigenvalue weighted by atomic mass is 10.1. The summed E-state index contributed by atoms with van der Waals surface area (Å²) in [5.74, 6) is 0.274. The number of amides is 1. The second kappa shape index (κ2) is 6.70. The van der Waals surface area contributed by atoms with Crippen LogP contribution < -0.4 is 10.1 Å². The summed E-state index contributed by atoms with van der Waals surface area (Å²) in [4.78, 5) is 22.7. The average molecular weight is 283 g/mol. The molecule has 1 N–H and O–H groups in total. The molecule has 2 aromatic carbocycles. The molecule has 0 atom stereocenters. The predicted octanol–water partition coefficient (Wildman–Crippen LogP) is 3.43. The van der Waals surface area contributed by atoms with Crippen LogP contribution >= 0.6 is 0 Å². The van der Waals surface area contributed by atoms with Gasteiger partial charge in [0.1, 0.15) is 12.4 Å². The highest BCUT2D eigenvalue weighted by Gasteiger charge is 2.09. The van der Waals surface area contributed by atoms with Crippen LogP contribution in [0.1, 0.15) is 29.8 Å². The van der Waals surface area contributed by atoms with Gasteiger partial charge in [-0.3, -0.25) is 9.59 Å². The van der Waals surface area contributed by atoms with Crippen molar-refractivity contribution < 1.29 is 14.3 Å². The minimum absolute atomic E-state index is 0.0591. The summed E-state index contributed by atoms with van der Waals surface area (Å²) in [7, 11) is 0. The highest BCUT2D eigenvalue weighted by atomic mass is 16.5. The van der Waals surface area contributed by atoms with Crippen molar-refractivity contribution in [1.82, 2.24) is 0 Å². The van der Waals surface area contributed by atoms with Crippen molar-refractivity contribution in [3.05, 3.63) is 59.7 Å². The number of rotatable bonds is 5. The highest BCUT2D eigenvalue weighted by molar-refractivity contribution is 5.97. The lowest BCUT2D eigenvalue weighted by molar-refractivity contribution is -0.114. The molecule has 2 rings (SSSR count). The number of ether oxygens (including phenoxy) is 1. The van der Waals surface area contributed by atoms with Crippen molar-refractivity contribution in [3.63, 3.8) is 0 Å². The first-order valence-corrected chi connectivity index (χ1v) is 6.65. The standard InChI is InChI=1S/C17H17NO3/c1-12(19)15-8-9-17(16(10-15)18-13(2)20)21-11-14-6-4-3-5-7-14/h3-10H,11H2,1-2H3,(H,18,20). The number of nitrogens with one attached hydrogen (secondary N) is 1. The molecule has 21 heavy (non-hydrogen) atoms. The van der Waals surface area contributed by atoms with E-state index in [0.717, 1.165) is 5.56 Å². The van der Waals surface area contributed by atoms with E-state index in [0.29, 0.717) is 23.6 Å². The second-order valence-corrected chi connectivity index (χ2v) is 4.72. The molecule has 108 valence electrons. The van der Waals surface area contributed by atoms with Gasteiger partial charge >= 0.3 is 0 Å². The van der Waals surface area contributed by atoms with Crippen molar-refractivity contribution in [1.29, 1.82) is 0 Å². The molecule has 0 heterocycles. The van der Waals surface area contributed by atoms with E-state index < -0.39 is 0 Å². The van der Waals surface area contributed by atoms with Crippen LogP contribution in [0.15, 0.2) is 48.5 Å². The van der Waals surface area contributed by atoms with Gasteiger partial charge in [0.2, 0.25) is 5.91 Å². The summed E-state index contributed by atoms with van der Waals surface area (Å²) < 4.78 is 5.73. The summed E-state index contributed by atoms with van der Waals surface area (Å²) in [6.07, 6.45) is 0. The Labute approximate surface area is 123 Å². The van der Waals surface area contributed by atoms with Gasteiger partial charge in [-0.05, 0) is 30.7 Å². The number of carbonyl (C=O) groups is 2. The molecule has 4 nitrogen and oxygen atoms in total. The first-order chi connectivity index (χ1) is 10.1. The second-order valence-electron chi connectivity index (χ2n) is 4.72. The fraction of sp³-hybridized carbons (Fsp3) is 0.176. The van der Waals surface area contributed by atoms with Crippen LogP contribution in [0.3, 0.4) is 0 Å². The quantitative estimate of drug-likeness (QED) is 0.855. The molecule has 0 saturated carbocycles. The maximum Gasteiger partial charge on any atom is 0.221 e. The van der Waals surface area contributed by atoms with Crippen LogP contribution in [0, 0.1) is 0 Å². The highest BCUT2D eigenvalue weighted by Crippen LogP contribution is 2.27. The van der Waals surface area contributed by atoms with Crippen LogP contribution in [0.2, 0.25) is 0 Å². The van der Waals surface area contributed by atoms with Crippen molar-refractivity contribution >= 4 is 17.4 Å². The molecule has 0 unspecified atom stereocenters. The van der Waals surface area contributed by atoms with Crippen LogP contribution in [0.5, 0.6) is 5.75 Å². The van der Waals surface area contributed by atoms with Crippen molar-refractivity contribution in [2.75, 3.05) is 5.32 Å². The molecule has 0 radical (unpaired) electrons. The van der Waals surface area contributed by atoms with Gasteiger partial charge < -0.3 is 10.1 Å². The van der Waals surface area contributed by atoms with E-state index in [4.69, 9.17) is 4.74 Å². The van der Waals surface area contributed by atoms with Gasteiger partial charge in [-0.15, -0.1) is 0 Å². The minimum atomic E-state index is -0.208. The maximum atomic E-state index is 11.4. The smallest absolute Gasteiger partial charge is 0.221 e. The predicted molar refractivity (Wildman–Crippen MR) is 81.5 cm³/mol. The van der Waals surface area contributed by atoms with Crippen LogP contribution in [-0.2, 0) is 11.4 Å². The van der Waals surface area contributed by atoms with E-state index in [1.54, 1.807) is 18.2 Å². The SMILES string of the molecule is CC(=O)Nc1cc(C(C)=O)ccc1OCc1ccccc1. The van der Waals surface area contributed by atoms with Crippen molar-refractivity contribution in [2.45, 2.75) is 20.5 Å². The molecule has 0 aromatic heterocycles. The maximum absolute atomic E-state index is 11.4. The number of hydrogen-bond acceptors (Lipinski definition) is 3. The third-order valence-corrected chi connectivity index (χ3v) is 2.93. The molecule has 0 aliphatic rings. The average Bonchev–Trinajstić information content (AvgIpc) is 2.46. The van der Waals surface area contributed by atoms with Gasteiger partial charge in [0.15, 0.2) is 5.78 Å². The molecule has 0 bridgehead atoms. The molecule has 0 saturated heterocycles. The van der Waals surface area contributed by atoms with Gasteiger partial charge in [-0.1, -0.05) is 30.3 Å². The molecule has 0 fully saturated rings. The van der Waals surface area contributed by atoms with Crippen LogP contribution in [0.4, 0.5) is 5.69 Å². The van der Waals surface area contributed by atoms with E-state index >= 15 is 0 Å². The molecule has 1 amide bonds. The molecule has 0 aliphatic heterocycles. The van der Waals surface area contributed by atoms with Gasteiger partial charge in [0.25, 0.3) is 0 Å². The summed E-state index contributed by atoms with van der Waals surface area (Å²) >= 11 is 0. The number of benzene rings is 2. The normalized spacial score (nSPS) is 10.0. The van der Waals surface area contributed by atoms with Crippen LogP contribution in [0.25, 0.3) is 0 Å². The van der Waals surface area contributed by atoms with Gasteiger partial charge in [-0.25, -0.2) is 0 Å². The summed E-state index contributed by atoms with van der Waals surface area (Å²) in [5, 5.41) is 2.69. The number of ketones is 1. The zero-order chi connectivity index (χ0) is 15.2. The molecular weight excluding hydrogens is 266 g/mol. The number of hydrogen-bond donors (Lipinski definition) is 1. The fourth-order valence-electron chi connectivity index (χ4n) is 1.90. The summed E-state index contributed by atoms with van der Waals surface area (Å²) in [6, 6.07) is 14.7. The van der Waals surface area contributed by atoms with E-state index in [1.165, 1.54) is 13.8 Å². The number of carbonyl (C=O) groups excluding carboxylic acids is 2. The van der Waals surface area contributed by atoms with Gasteiger partial charge in [-0.2, -0.15) is 0 Å². The zero-order valence-corrected chi connectivity index (χ0v) is 12.1. The van der Waals surface area contributed by atoms with E-state index in [1.807, 2.05) is 30.3 Å². The Hall–Kier alpha value is -2.62. The Kier molecular flexibility index (Phi) is 4.72. The van der Waals surface area contributed by atoms with Crippen molar-refractivity contribution in [3.8, 4) is 5.75 Å². The Morgan fingerprint density at radius 1 is 1.05 bits per heavy atom. The lowest BCUT2D eigenvalue weighted by Gasteiger charge is -2.13. The monoisotopic (exact) mass is 283 g/mol. The first-order valence-electron chi connectivity index (χ1n) is 6.65. The minimum Gasteiger partial charge on any atom is -0.487 e. The Morgan fingerprint density at radius 3 is 2.38 bits per heavy atom. The van der Waals surface area contributed by atoms with E-state index in [9.17, 15) is 9.59 Å². The van der Waals surface area contributed by atoms with E-state index in [-0.39, 0.29) is 11.7 Å². The molecule has 0 spiro atoms. The summed E-state index contributed by atoms with van der Waals surface area (Å²) in [6.45, 7) is 3.30. The molecule has 2 aromatic rings. The molecule has 0 aliphatic carbocycles. The van der Waals surface area contributed by atoms with Crippen molar-refractivity contribution in [2.24, 2.45) is 0 Å². The third-order valence-electron chi connectivity index (χ3n) is 2.93. The Morgan fingerprint density at radius 2 is 1.76 bits per heavy atom. The van der Waals surface area contributed by atoms with E-state index in [2.05, 4.69) is 5.32 Å². The summed E-state index contributed by atoms with van der Waals surface area (Å²) in [5.41, 5.74) is 2.07. The fourth-order valence-corrected chi connectivity index (χ4v) is 1.90. The zero-order valence-electron chi connectivity index (χ0n) is 12.1. The largest absolute Gasteiger partial charge is 0.487 e. The van der Waals surface area contributed by atoms with Crippen LogP contribution in [-0.4, -0.2) is 11.7 Å². The number of Topliss-reactive ketones (excluding diaryl/α,β-unsaturated/α-hetero) is 1. The molecular formula is C17H17NO3. The molecule has 4 heteroatoms. The first kappa shape index (κ1) is 14.8. The Balaban J connectivity index is 2.21. The van der Waals surface area contributed by atoms with Gasteiger partial charge in [0, 0.05) is 12.5 Å². The lowest BCUT2D eigenvalue weighted by Crippen LogP contribution is -2.09. The Bertz CT molecular complexity index is 650. The van der Waals surface area contributed by atoms with Gasteiger partial charge in [0.05, 0.1) is 5.69 Å². The topological polar surface area (TPSA) is 55.4 Å².